The molecule has 7 nitrogen and oxygen atoms in total. The molecule has 156 valence electrons. The van der Waals surface area contributed by atoms with E-state index in [0.29, 0.717) is 5.75 Å². The van der Waals surface area contributed by atoms with Crippen LogP contribution in [0.1, 0.15) is 11.1 Å². The SMILES string of the molecule is CN=C(NCc1cccc(Cn2ccnc2)c1)N1CCN(c2ccccc2O)CC1. The number of aliphatic imine (C=N–C) groups is 1. The summed E-state index contributed by atoms with van der Waals surface area (Å²) in [5.41, 5.74) is 3.37. The second kappa shape index (κ2) is 9.35. The van der Waals surface area contributed by atoms with Crippen molar-refractivity contribution in [3.63, 3.8) is 0 Å². The van der Waals surface area contributed by atoms with E-state index >= 15 is 0 Å². The largest absolute Gasteiger partial charge is 0.506 e. The summed E-state index contributed by atoms with van der Waals surface area (Å²) in [6.07, 6.45) is 5.61. The van der Waals surface area contributed by atoms with Crippen LogP contribution in [0.25, 0.3) is 0 Å². The lowest BCUT2D eigenvalue weighted by Gasteiger charge is -2.37. The Hall–Kier alpha value is -3.48. The molecule has 0 bridgehead atoms. The van der Waals surface area contributed by atoms with Crippen molar-refractivity contribution in [2.45, 2.75) is 13.1 Å². The average molecular weight is 405 g/mol. The fraction of sp³-hybridized carbons (Fsp3) is 0.304. The standard InChI is InChI=1S/C23H28N6O/c1-24-23(29-13-11-28(12-14-29)21-7-2-3-8-22(21)30)26-16-19-5-4-6-20(15-19)17-27-10-9-25-18-27/h2-10,15,18,30H,11-14,16-17H2,1H3,(H,24,26). The lowest BCUT2D eigenvalue weighted by molar-refractivity contribution is 0.369. The first kappa shape index (κ1) is 19.8. The summed E-state index contributed by atoms with van der Waals surface area (Å²) in [5, 5.41) is 13.6. The Morgan fingerprint density at radius 2 is 1.87 bits per heavy atom. The van der Waals surface area contributed by atoms with Crippen LogP contribution in [-0.4, -0.2) is 58.7 Å². The first-order valence-corrected chi connectivity index (χ1v) is 10.2. The number of phenolic OH excluding ortho intramolecular Hbond substituents is 1. The zero-order valence-electron chi connectivity index (χ0n) is 17.3. The van der Waals surface area contributed by atoms with E-state index in [1.165, 1.54) is 11.1 Å². The van der Waals surface area contributed by atoms with Crippen LogP contribution < -0.4 is 10.2 Å². The van der Waals surface area contributed by atoms with Gasteiger partial charge in [-0.05, 0) is 23.3 Å². The third-order valence-corrected chi connectivity index (χ3v) is 5.38. The van der Waals surface area contributed by atoms with Gasteiger partial charge in [0.2, 0.25) is 0 Å². The summed E-state index contributed by atoms with van der Waals surface area (Å²) in [5.74, 6) is 1.25. The molecule has 0 spiro atoms. The van der Waals surface area contributed by atoms with Gasteiger partial charge >= 0.3 is 0 Å². The van der Waals surface area contributed by atoms with Crippen LogP contribution in [0, 0.1) is 0 Å². The summed E-state index contributed by atoms with van der Waals surface area (Å²) in [4.78, 5) is 13.1. The minimum atomic E-state index is 0.337. The highest BCUT2D eigenvalue weighted by atomic mass is 16.3. The Morgan fingerprint density at radius 3 is 2.60 bits per heavy atom. The molecule has 1 aromatic heterocycles. The molecule has 3 aromatic rings. The maximum absolute atomic E-state index is 10.1. The number of nitrogens with one attached hydrogen (secondary N) is 1. The van der Waals surface area contributed by atoms with Crippen molar-refractivity contribution in [1.29, 1.82) is 0 Å². The molecule has 30 heavy (non-hydrogen) atoms. The van der Waals surface area contributed by atoms with Gasteiger partial charge in [-0.3, -0.25) is 4.99 Å². The van der Waals surface area contributed by atoms with E-state index < -0.39 is 0 Å². The number of rotatable bonds is 5. The zero-order chi connectivity index (χ0) is 20.8. The van der Waals surface area contributed by atoms with E-state index in [0.717, 1.165) is 50.9 Å². The number of piperazine rings is 1. The van der Waals surface area contributed by atoms with E-state index in [1.807, 2.05) is 37.8 Å². The van der Waals surface area contributed by atoms with Gasteiger partial charge in [0.1, 0.15) is 5.75 Å². The maximum atomic E-state index is 10.1. The molecular weight excluding hydrogens is 376 g/mol. The highest BCUT2D eigenvalue weighted by molar-refractivity contribution is 5.80. The first-order valence-electron chi connectivity index (χ1n) is 10.2. The summed E-state index contributed by atoms with van der Waals surface area (Å²) in [6, 6.07) is 16.1. The summed E-state index contributed by atoms with van der Waals surface area (Å²) >= 11 is 0. The van der Waals surface area contributed by atoms with Crippen LogP contribution in [-0.2, 0) is 13.1 Å². The number of hydrogen-bond donors (Lipinski definition) is 2. The van der Waals surface area contributed by atoms with Crippen LogP contribution >= 0.6 is 0 Å². The molecule has 1 aliphatic rings. The van der Waals surface area contributed by atoms with Crippen molar-refractivity contribution in [2.24, 2.45) is 4.99 Å². The number of aromatic nitrogens is 2. The Kier molecular flexibility index (Phi) is 6.17. The molecule has 2 N–H and O–H groups in total. The first-order chi connectivity index (χ1) is 14.7. The number of imidazole rings is 1. The van der Waals surface area contributed by atoms with E-state index in [9.17, 15) is 5.11 Å². The van der Waals surface area contributed by atoms with Crippen molar-refractivity contribution in [3.05, 3.63) is 78.4 Å². The molecule has 1 aliphatic heterocycles. The van der Waals surface area contributed by atoms with Crippen LogP contribution in [0.5, 0.6) is 5.75 Å². The molecule has 0 saturated carbocycles. The van der Waals surface area contributed by atoms with E-state index in [2.05, 4.69) is 53.9 Å². The van der Waals surface area contributed by atoms with Crippen molar-refractivity contribution >= 4 is 11.6 Å². The second-order valence-corrected chi connectivity index (χ2v) is 7.42. The van der Waals surface area contributed by atoms with Crippen molar-refractivity contribution in [3.8, 4) is 5.75 Å². The second-order valence-electron chi connectivity index (χ2n) is 7.42. The number of aromatic hydroxyl groups is 1. The average Bonchev–Trinajstić information content (AvgIpc) is 3.28. The number of anilines is 1. The predicted molar refractivity (Wildman–Crippen MR) is 120 cm³/mol. The van der Waals surface area contributed by atoms with Gasteiger partial charge in [0, 0.05) is 58.7 Å². The van der Waals surface area contributed by atoms with Crippen LogP contribution in [0.15, 0.2) is 72.2 Å². The lowest BCUT2D eigenvalue weighted by Crippen LogP contribution is -2.52. The number of phenols is 1. The molecule has 4 rings (SSSR count). The monoisotopic (exact) mass is 404 g/mol. The van der Waals surface area contributed by atoms with Gasteiger partial charge in [-0.15, -0.1) is 0 Å². The smallest absolute Gasteiger partial charge is 0.194 e. The number of benzene rings is 2. The Balaban J connectivity index is 1.32. The molecule has 0 radical (unpaired) electrons. The topological polar surface area (TPSA) is 68.9 Å². The molecular formula is C23H28N6O. The van der Waals surface area contributed by atoms with Gasteiger partial charge < -0.3 is 24.8 Å². The number of hydrogen-bond acceptors (Lipinski definition) is 4. The van der Waals surface area contributed by atoms with Gasteiger partial charge in [-0.25, -0.2) is 4.98 Å². The highest BCUT2D eigenvalue weighted by Crippen LogP contribution is 2.27. The molecule has 0 aliphatic carbocycles. The molecule has 0 atom stereocenters. The van der Waals surface area contributed by atoms with Gasteiger partial charge in [-0.2, -0.15) is 0 Å². The minimum absolute atomic E-state index is 0.337. The van der Waals surface area contributed by atoms with Gasteiger partial charge in [-0.1, -0.05) is 36.4 Å². The summed E-state index contributed by atoms with van der Waals surface area (Å²) in [6.45, 7) is 4.95. The Bertz CT molecular complexity index is 977. The van der Waals surface area contributed by atoms with E-state index in [-0.39, 0.29) is 0 Å². The number of guanidine groups is 1. The van der Waals surface area contributed by atoms with Crippen molar-refractivity contribution in [2.75, 3.05) is 38.1 Å². The van der Waals surface area contributed by atoms with Gasteiger partial charge in [0.05, 0.1) is 12.0 Å². The highest BCUT2D eigenvalue weighted by Gasteiger charge is 2.21. The molecule has 2 aromatic carbocycles. The quantitative estimate of drug-likeness (QED) is 0.505. The number of para-hydroxylation sites is 2. The molecule has 1 fully saturated rings. The third-order valence-electron chi connectivity index (χ3n) is 5.38. The van der Waals surface area contributed by atoms with Gasteiger partial charge in [0.25, 0.3) is 0 Å². The van der Waals surface area contributed by atoms with E-state index in [4.69, 9.17) is 0 Å². The van der Waals surface area contributed by atoms with Crippen molar-refractivity contribution in [1.82, 2.24) is 19.8 Å². The lowest BCUT2D eigenvalue weighted by atomic mass is 10.1. The fourth-order valence-corrected chi connectivity index (χ4v) is 3.83. The summed E-state index contributed by atoms with van der Waals surface area (Å²) in [7, 11) is 1.83. The summed E-state index contributed by atoms with van der Waals surface area (Å²) < 4.78 is 2.06. The predicted octanol–water partition coefficient (Wildman–Crippen LogP) is 2.53. The zero-order valence-corrected chi connectivity index (χ0v) is 17.3. The number of nitrogens with zero attached hydrogens (tertiary/aromatic N) is 5. The van der Waals surface area contributed by atoms with Gasteiger partial charge in [0.15, 0.2) is 5.96 Å². The molecule has 2 heterocycles. The Morgan fingerprint density at radius 1 is 1.07 bits per heavy atom. The van der Waals surface area contributed by atoms with Crippen LogP contribution in [0.2, 0.25) is 0 Å². The van der Waals surface area contributed by atoms with Crippen molar-refractivity contribution < 1.29 is 5.11 Å². The molecule has 0 amide bonds. The van der Waals surface area contributed by atoms with E-state index in [1.54, 1.807) is 12.3 Å². The van der Waals surface area contributed by atoms with Crippen LogP contribution in [0.4, 0.5) is 5.69 Å². The molecule has 0 unspecified atom stereocenters. The fourth-order valence-electron chi connectivity index (χ4n) is 3.83. The normalized spacial score (nSPS) is 14.8. The third kappa shape index (κ3) is 4.74. The molecule has 1 saturated heterocycles. The minimum Gasteiger partial charge on any atom is -0.506 e. The maximum Gasteiger partial charge on any atom is 0.194 e. The Labute approximate surface area is 177 Å². The molecule has 7 heteroatoms. The van der Waals surface area contributed by atoms with Crippen LogP contribution in [0.3, 0.4) is 0 Å².